The third-order valence-electron chi connectivity index (χ3n) is 2.75. The average Bonchev–Trinajstić information content (AvgIpc) is 2.80. The van der Waals surface area contributed by atoms with E-state index in [0.717, 1.165) is 31.1 Å². The molecule has 4 heteroatoms. The van der Waals surface area contributed by atoms with Crippen LogP contribution in [0.1, 0.15) is 4.88 Å². The Morgan fingerprint density at radius 2 is 2.12 bits per heavy atom. The minimum Gasteiger partial charge on any atom is -0.337 e. The van der Waals surface area contributed by atoms with Crippen molar-refractivity contribution in [2.24, 2.45) is 0 Å². The number of hydrogen-bond acceptors (Lipinski definition) is 3. The molecule has 0 spiro atoms. The lowest BCUT2D eigenvalue weighted by Crippen LogP contribution is -2.46. The molecule has 0 unspecified atom stereocenters. The molecule has 0 bridgehead atoms. The summed E-state index contributed by atoms with van der Waals surface area (Å²) >= 11 is 1.65. The van der Waals surface area contributed by atoms with Crippen LogP contribution in [0.5, 0.6) is 0 Å². The van der Waals surface area contributed by atoms with Gasteiger partial charge >= 0.3 is 0 Å². The highest BCUT2D eigenvalue weighted by Crippen LogP contribution is 2.10. The Hall–Kier alpha value is -1.13. The molecule has 1 fully saturated rings. The van der Waals surface area contributed by atoms with Gasteiger partial charge in [-0.05, 0) is 24.6 Å². The Labute approximate surface area is 100.0 Å². The molecule has 1 aliphatic heterocycles. The Bertz CT molecular complexity index is 364. The molecule has 3 nitrogen and oxygen atoms in total. The summed E-state index contributed by atoms with van der Waals surface area (Å²) in [6.45, 7) is 3.62. The highest BCUT2D eigenvalue weighted by molar-refractivity contribution is 7.10. The van der Waals surface area contributed by atoms with Gasteiger partial charge in [0, 0.05) is 37.1 Å². The van der Waals surface area contributed by atoms with E-state index in [1.165, 1.54) is 0 Å². The van der Waals surface area contributed by atoms with Gasteiger partial charge in [-0.15, -0.1) is 11.3 Å². The van der Waals surface area contributed by atoms with E-state index in [2.05, 4.69) is 11.9 Å². The third-order valence-corrected chi connectivity index (χ3v) is 3.59. The minimum absolute atomic E-state index is 0.126. The van der Waals surface area contributed by atoms with E-state index in [9.17, 15) is 4.79 Å². The van der Waals surface area contributed by atoms with Crippen LogP contribution < -0.4 is 0 Å². The lowest BCUT2D eigenvalue weighted by atomic mass is 10.3. The summed E-state index contributed by atoms with van der Waals surface area (Å²) in [6.07, 6.45) is 3.57. The maximum absolute atomic E-state index is 11.8. The molecule has 1 aromatic rings. The molecule has 1 aromatic heterocycles. The summed E-state index contributed by atoms with van der Waals surface area (Å²) in [5, 5.41) is 2.01. The predicted octanol–water partition coefficient (Wildman–Crippen LogP) is 1.54. The Morgan fingerprint density at radius 1 is 1.38 bits per heavy atom. The maximum Gasteiger partial charge on any atom is 0.246 e. The number of carbonyl (C=O) groups excluding carboxylic acids is 1. The Kier molecular flexibility index (Phi) is 3.74. The van der Waals surface area contributed by atoms with Crippen molar-refractivity contribution < 1.29 is 4.79 Å². The van der Waals surface area contributed by atoms with Crippen molar-refractivity contribution in [2.75, 3.05) is 33.2 Å². The van der Waals surface area contributed by atoms with Crippen molar-refractivity contribution in [3.05, 3.63) is 28.5 Å². The van der Waals surface area contributed by atoms with Gasteiger partial charge in [0.05, 0.1) is 0 Å². The van der Waals surface area contributed by atoms with Crippen LogP contribution in [0.25, 0.3) is 6.08 Å². The summed E-state index contributed by atoms with van der Waals surface area (Å²) in [6, 6.07) is 4.00. The maximum atomic E-state index is 11.8. The second-order valence-corrected chi connectivity index (χ2v) is 4.96. The number of rotatable bonds is 2. The zero-order chi connectivity index (χ0) is 11.4. The van der Waals surface area contributed by atoms with Gasteiger partial charge < -0.3 is 9.80 Å². The first-order valence-corrected chi connectivity index (χ1v) is 6.33. The first-order chi connectivity index (χ1) is 7.75. The van der Waals surface area contributed by atoms with Crippen LogP contribution in [0.15, 0.2) is 23.6 Å². The summed E-state index contributed by atoms with van der Waals surface area (Å²) in [5.41, 5.74) is 0. The molecule has 2 rings (SSSR count). The Morgan fingerprint density at radius 3 is 2.75 bits per heavy atom. The van der Waals surface area contributed by atoms with Crippen LogP contribution in [-0.4, -0.2) is 48.9 Å². The fourth-order valence-electron chi connectivity index (χ4n) is 1.67. The fourth-order valence-corrected chi connectivity index (χ4v) is 2.29. The second-order valence-electron chi connectivity index (χ2n) is 3.98. The number of likely N-dealkylation sites (N-methyl/N-ethyl adjacent to an activating group) is 1. The Balaban J connectivity index is 1.88. The van der Waals surface area contributed by atoms with E-state index in [1.807, 2.05) is 28.5 Å². The molecule has 0 atom stereocenters. The quantitative estimate of drug-likeness (QED) is 0.727. The van der Waals surface area contributed by atoms with Crippen LogP contribution in [0, 0.1) is 0 Å². The molecule has 16 heavy (non-hydrogen) atoms. The normalized spacial score (nSPS) is 18.2. The lowest BCUT2D eigenvalue weighted by Gasteiger charge is -2.31. The molecule has 86 valence electrons. The summed E-state index contributed by atoms with van der Waals surface area (Å²) in [7, 11) is 2.09. The van der Waals surface area contributed by atoms with Crippen LogP contribution in [-0.2, 0) is 4.79 Å². The highest BCUT2D eigenvalue weighted by Gasteiger charge is 2.16. The first-order valence-electron chi connectivity index (χ1n) is 5.45. The molecule has 0 radical (unpaired) electrons. The van der Waals surface area contributed by atoms with Crippen molar-refractivity contribution in [1.29, 1.82) is 0 Å². The van der Waals surface area contributed by atoms with Crippen molar-refractivity contribution in [2.45, 2.75) is 0 Å². The summed E-state index contributed by atoms with van der Waals surface area (Å²) in [4.78, 5) is 17.1. The largest absolute Gasteiger partial charge is 0.337 e. The molecule has 2 heterocycles. The van der Waals surface area contributed by atoms with E-state index >= 15 is 0 Å². The van der Waals surface area contributed by atoms with Gasteiger partial charge in [-0.2, -0.15) is 0 Å². The van der Waals surface area contributed by atoms with Gasteiger partial charge in [-0.3, -0.25) is 4.79 Å². The number of carbonyl (C=O) groups is 1. The van der Waals surface area contributed by atoms with Crippen LogP contribution in [0.2, 0.25) is 0 Å². The summed E-state index contributed by atoms with van der Waals surface area (Å²) in [5.74, 6) is 0.126. The SMILES string of the molecule is CN1CCN(C(=O)C=Cc2cccs2)CC1. The monoisotopic (exact) mass is 236 g/mol. The molecule has 1 aliphatic rings. The van der Waals surface area contributed by atoms with E-state index in [4.69, 9.17) is 0 Å². The minimum atomic E-state index is 0.126. The van der Waals surface area contributed by atoms with Gasteiger partial charge in [0.1, 0.15) is 0 Å². The highest BCUT2D eigenvalue weighted by atomic mass is 32.1. The second kappa shape index (κ2) is 5.27. The number of nitrogens with zero attached hydrogens (tertiary/aromatic N) is 2. The van der Waals surface area contributed by atoms with Gasteiger partial charge in [0.15, 0.2) is 0 Å². The molecule has 0 aliphatic carbocycles. The molecular weight excluding hydrogens is 220 g/mol. The van der Waals surface area contributed by atoms with Crippen molar-refractivity contribution in [3.63, 3.8) is 0 Å². The van der Waals surface area contributed by atoms with Crippen molar-refractivity contribution in [1.82, 2.24) is 9.80 Å². The number of hydrogen-bond donors (Lipinski definition) is 0. The van der Waals surface area contributed by atoms with E-state index in [0.29, 0.717) is 0 Å². The van der Waals surface area contributed by atoms with E-state index in [1.54, 1.807) is 17.4 Å². The molecule has 1 amide bonds. The molecule has 0 N–H and O–H groups in total. The average molecular weight is 236 g/mol. The van der Waals surface area contributed by atoms with Crippen molar-refractivity contribution in [3.8, 4) is 0 Å². The van der Waals surface area contributed by atoms with Gasteiger partial charge in [-0.1, -0.05) is 6.07 Å². The van der Waals surface area contributed by atoms with Crippen LogP contribution in [0.4, 0.5) is 0 Å². The smallest absolute Gasteiger partial charge is 0.246 e. The van der Waals surface area contributed by atoms with Gasteiger partial charge in [0.25, 0.3) is 0 Å². The van der Waals surface area contributed by atoms with Gasteiger partial charge in [0.2, 0.25) is 5.91 Å². The predicted molar refractivity (Wildman–Crippen MR) is 67.4 cm³/mol. The standard InChI is InChI=1S/C12H16N2OS/c1-13-6-8-14(9-7-13)12(15)5-4-11-3-2-10-16-11/h2-5,10H,6-9H2,1H3. The zero-order valence-electron chi connectivity index (χ0n) is 9.43. The fraction of sp³-hybridized carbons (Fsp3) is 0.417. The number of amides is 1. The van der Waals surface area contributed by atoms with E-state index in [-0.39, 0.29) is 5.91 Å². The topological polar surface area (TPSA) is 23.6 Å². The van der Waals surface area contributed by atoms with Crippen LogP contribution >= 0.6 is 11.3 Å². The van der Waals surface area contributed by atoms with E-state index < -0.39 is 0 Å². The molecular formula is C12H16N2OS. The van der Waals surface area contributed by atoms with Crippen LogP contribution in [0.3, 0.4) is 0 Å². The van der Waals surface area contributed by atoms with Gasteiger partial charge in [-0.25, -0.2) is 0 Å². The molecule has 0 saturated carbocycles. The molecule has 1 saturated heterocycles. The zero-order valence-corrected chi connectivity index (χ0v) is 10.2. The molecule has 0 aromatic carbocycles. The summed E-state index contributed by atoms with van der Waals surface area (Å²) < 4.78 is 0. The first kappa shape index (κ1) is 11.4. The number of piperazine rings is 1. The third kappa shape index (κ3) is 2.93. The number of thiophene rings is 1. The lowest BCUT2D eigenvalue weighted by molar-refractivity contribution is -0.127. The van der Waals surface area contributed by atoms with Crippen molar-refractivity contribution >= 4 is 23.3 Å².